The summed E-state index contributed by atoms with van der Waals surface area (Å²) in [6.45, 7) is 6.80. The summed E-state index contributed by atoms with van der Waals surface area (Å²) in [5.41, 5.74) is 2.70. The number of nitrogens with one attached hydrogen (secondary N) is 1. The molecule has 2 aromatic rings. The molecule has 0 bridgehead atoms. The van der Waals surface area contributed by atoms with Crippen molar-refractivity contribution in [3.63, 3.8) is 0 Å². The van der Waals surface area contributed by atoms with Gasteiger partial charge in [-0.3, -0.25) is 0 Å². The van der Waals surface area contributed by atoms with Gasteiger partial charge in [-0.25, -0.2) is 4.68 Å². The molecule has 1 aromatic heterocycles. The molecule has 0 aliphatic heterocycles. The van der Waals surface area contributed by atoms with Gasteiger partial charge in [0.05, 0.1) is 5.69 Å². The fourth-order valence-corrected chi connectivity index (χ4v) is 2.37. The van der Waals surface area contributed by atoms with Gasteiger partial charge in [0.2, 0.25) is 0 Å². The molecular formula is C14H19N5. The minimum atomic E-state index is 0.336. The molecule has 1 fully saturated rings. The zero-order chi connectivity index (χ0) is 13.5. The molecule has 1 aliphatic carbocycles. The number of tetrazole rings is 1. The molecular weight excluding hydrogens is 238 g/mol. The molecule has 5 nitrogen and oxygen atoms in total. The van der Waals surface area contributed by atoms with E-state index in [2.05, 4.69) is 53.7 Å². The summed E-state index contributed by atoms with van der Waals surface area (Å²) < 4.78 is 1.68. The molecule has 2 unspecified atom stereocenters. The van der Waals surface area contributed by atoms with Gasteiger partial charge in [-0.1, -0.05) is 26.0 Å². The van der Waals surface area contributed by atoms with E-state index in [0.717, 1.165) is 5.69 Å². The van der Waals surface area contributed by atoms with E-state index in [9.17, 15) is 0 Å². The summed E-state index contributed by atoms with van der Waals surface area (Å²) in [5.74, 6) is 0. The minimum Gasteiger partial charge on any atom is -0.307 e. The second-order valence-electron chi connectivity index (χ2n) is 5.98. The first-order valence-electron chi connectivity index (χ1n) is 6.66. The topological polar surface area (TPSA) is 55.6 Å². The molecule has 1 heterocycles. The van der Waals surface area contributed by atoms with E-state index in [4.69, 9.17) is 0 Å². The van der Waals surface area contributed by atoms with Crippen molar-refractivity contribution in [3.05, 3.63) is 36.2 Å². The van der Waals surface area contributed by atoms with E-state index in [-0.39, 0.29) is 0 Å². The number of nitrogens with zero attached hydrogens (tertiary/aromatic N) is 4. The second-order valence-corrected chi connectivity index (χ2v) is 5.98. The lowest BCUT2D eigenvalue weighted by atomic mass is 10.1. The zero-order valence-corrected chi connectivity index (χ0v) is 11.5. The highest BCUT2D eigenvalue weighted by Crippen LogP contribution is 2.45. The Morgan fingerprint density at radius 2 is 2.21 bits per heavy atom. The third-order valence-corrected chi connectivity index (χ3v) is 3.95. The van der Waals surface area contributed by atoms with Crippen LogP contribution in [0, 0.1) is 5.41 Å². The molecule has 1 aliphatic rings. The molecule has 0 amide bonds. The van der Waals surface area contributed by atoms with Crippen LogP contribution in [0.1, 0.15) is 38.8 Å². The summed E-state index contributed by atoms with van der Waals surface area (Å²) in [4.78, 5) is 0. The predicted octanol–water partition coefficient (Wildman–Crippen LogP) is 2.11. The minimum absolute atomic E-state index is 0.336. The summed E-state index contributed by atoms with van der Waals surface area (Å²) in [7, 11) is 0. The van der Waals surface area contributed by atoms with Crippen molar-refractivity contribution in [2.24, 2.45) is 5.41 Å². The molecule has 0 saturated heterocycles. The standard InChI is InChI=1S/C14H19N5/c1-10(16-13-8-14(13,2)3)11-5-4-6-12(7-11)19-9-15-17-18-19/h4-7,9-10,13,16H,8H2,1-3H3. The average Bonchev–Trinajstić information content (AvgIpc) is 2.85. The lowest BCUT2D eigenvalue weighted by molar-refractivity contribution is 0.491. The van der Waals surface area contributed by atoms with Gasteiger partial charge in [-0.05, 0) is 46.9 Å². The number of hydrogen-bond acceptors (Lipinski definition) is 4. The first kappa shape index (κ1) is 12.3. The molecule has 1 saturated carbocycles. The fraction of sp³-hybridized carbons (Fsp3) is 0.500. The van der Waals surface area contributed by atoms with Gasteiger partial charge < -0.3 is 5.32 Å². The van der Waals surface area contributed by atoms with Crippen molar-refractivity contribution in [2.45, 2.75) is 39.3 Å². The SMILES string of the molecule is CC(NC1CC1(C)C)c1cccc(-n2cnnn2)c1. The Kier molecular flexibility index (Phi) is 2.86. The van der Waals surface area contributed by atoms with Crippen molar-refractivity contribution < 1.29 is 0 Å². The molecule has 1 N–H and O–H groups in total. The normalized spacial score (nSPS) is 22.2. The van der Waals surface area contributed by atoms with E-state index < -0.39 is 0 Å². The molecule has 1 aromatic carbocycles. The van der Waals surface area contributed by atoms with Crippen LogP contribution < -0.4 is 5.32 Å². The van der Waals surface area contributed by atoms with Crippen molar-refractivity contribution >= 4 is 0 Å². The van der Waals surface area contributed by atoms with Crippen LogP contribution in [0.5, 0.6) is 0 Å². The first-order chi connectivity index (χ1) is 9.06. The quantitative estimate of drug-likeness (QED) is 0.911. The highest BCUT2D eigenvalue weighted by Gasteiger charge is 2.45. The molecule has 2 atom stereocenters. The van der Waals surface area contributed by atoms with E-state index in [1.165, 1.54) is 12.0 Å². The van der Waals surface area contributed by atoms with Gasteiger partial charge in [0.25, 0.3) is 0 Å². The second kappa shape index (κ2) is 4.42. The van der Waals surface area contributed by atoms with Crippen LogP contribution in [0.25, 0.3) is 5.69 Å². The Hall–Kier alpha value is -1.75. The Labute approximate surface area is 113 Å². The van der Waals surface area contributed by atoms with Gasteiger partial charge in [0, 0.05) is 12.1 Å². The van der Waals surface area contributed by atoms with Gasteiger partial charge >= 0.3 is 0 Å². The van der Waals surface area contributed by atoms with Crippen LogP contribution in [-0.4, -0.2) is 26.2 Å². The molecule has 5 heteroatoms. The highest BCUT2D eigenvalue weighted by molar-refractivity contribution is 5.35. The summed E-state index contributed by atoms with van der Waals surface area (Å²) >= 11 is 0. The van der Waals surface area contributed by atoms with Crippen molar-refractivity contribution in [1.29, 1.82) is 0 Å². The van der Waals surface area contributed by atoms with E-state index in [1.807, 2.05) is 12.1 Å². The number of hydrogen-bond donors (Lipinski definition) is 1. The Morgan fingerprint density at radius 1 is 1.42 bits per heavy atom. The van der Waals surface area contributed by atoms with Crippen LogP contribution in [0.3, 0.4) is 0 Å². The van der Waals surface area contributed by atoms with Gasteiger partial charge in [0.15, 0.2) is 0 Å². The molecule has 0 radical (unpaired) electrons. The summed E-state index contributed by atoms with van der Waals surface area (Å²) in [5, 5.41) is 14.9. The third kappa shape index (κ3) is 2.51. The first-order valence-corrected chi connectivity index (χ1v) is 6.66. The largest absolute Gasteiger partial charge is 0.307 e. The smallest absolute Gasteiger partial charge is 0.143 e. The van der Waals surface area contributed by atoms with Crippen LogP contribution in [0.15, 0.2) is 30.6 Å². The maximum atomic E-state index is 3.92. The van der Waals surface area contributed by atoms with Crippen LogP contribution >= 0.6 is 0 Å². The number of rotatable bonds is 4. The molecule has 0 spiro atoms. The number of aromatic nitrogens is 4. The fourth-order valence-electron chi connectivity index (χ4n) is 2.37. The van der Waals surface area contributed by atoms with E-state index >= 15 is 0 Å². The predicted molar refractivity (Wildman–Crippen MR) is 72.9 cm³/mol. The van der Waals surface area contributed by atoms with E-state index in [0.29, 0.717) is 17.5 Å². The van der Waals surface area contributed by atoms with Crippen molar-refractivity contribution in [3.8, 4) is 5.69 Å². The Bertz CT molecular complexity index is 561. The molecule has 100 valence electrons. The van der Waals surface area contributed by atoms with Crippen LogP contribution in [0.2, 0.25) is 0 Å². The maximum Gasteiger partial charge on any atom is 0.143 e. The number of benzene rings is 1. The Morgan fingerprint density at radius 3 is 2.84 bits per heavy atom. The zero-order valence-electron chi connectivity index (χ0n) is 11.5. The van der Waals surface area contributed by atoms with Crippen molar-refractivity contribution in [1.82, 2.24) is 25.5 Å². The summed E-state index contributed by atoms with van der Waals surface area (Å²) in [6, 6.07) is 9.28. The van der Waals surface area contributed by atoms with Gasteiger partial charge in [0.1, 0.15) is 6.33 Å². The lowest BCUT2D eigenvalue weighted by Crippen LogP contribution is -2.24. The molecule has 19 heavy (non-hydrogen) atoms. The maximum absolute atomic E-state index is 3.92. The van der Waals surface area contributed by atoms with Gasteiger partial charge in [-0.2, -0.15) is 0 Å². The monoisotopic (exact) mass is 257 g/mol. The Balaban J connectivity index is 1.76. The van der Waals surface area contributed by atoms with E-state index in [1.54, 1.807) is 11.0 Å². The molecule has 3 rings (SSSR count). The van der Waals surface area contributed by atoms with Crippen LogP contribution in [0.4, 0.5) is 0 Å². The highest BCUT2D eigenvalue weighted by atomic mass is 15.5. The van der Waals surface area contributed by atoms with Gasteiger partial charge in [-0.15, -0.1) is 5.10 Å². The lowest BCUT2D eigenvalue weighted by Gasteiger charge is -2.16. The van der Waals surface area contributed by atoms with Crippen LogP contribution in [-0.2, 0) is 0 Å². The third-order valence-electron chi connectivity index (χ3n) is 3.95. The average molecular weight is 257 g/mol. The summed E-state index contributed by atoms with van der Waals surface area (Å²) in [6.07, 6.45) is 2.87. The van der Waals surface area contributed by atoms with Crippen molar-refractivity contribution in [2.75, 3.05) is 0 Å².